The van der Waals surface area contributed by atoms with Crippen LogP contribution in [0.4, 0.5) is 10.2 Å². The summed E-state index contributed by atoms with van der Waals surface area (Å²) < 4.78 is 22.4. The lowest BCUT2D eigenvalue weighted by molar-refractivity contribution is -0.147. The number of carbonyl (C=O) groups excluding carboxylic acids is 2. The predicted molar refractivity (Wildman–Crippen MR) is 75.5 cm³/mol. The third-order valence-electron chi connectivity index (χ3n) is 2.79. The van der Waals surface area contributed by atoms with Crippen LogP contribution in [0.25, 0.3) is 0 Å². The molecule has 0 aliphatic rings. The first-order chi connectivity index (χ1) is 10.5. The molecule has 0 fully saturated rings. The molecule has 1 heterocycles. The van der Waals surface area contributed by atoms with E-state index in [0.717, 1.165) is 5.56 Å². The first-order valence-corrected chi connectivity index (χ1v) is 6.66. The van der Waals surface area contributed by atoms with E-state index in [1.54, 1.807) is 25.1 Å². The first-order valence-electron chi connectivity index (χ1n) is 6.66. The molecule has 7 heteroatoms. The largest absolute Gasteiger partial charge is 0.456 e. The number of rotatable bonds is 6. The summed E-state index contributed by atoms with van der Waals surface area (Å²) in [5.74, 6) is -0.498. The van der Waals surface area contributed by atoms with E-state index in [1.165, 1.54) is 12.1 Å². The summed E-state index contributed by atoms with van der Waals surface area (Å²) in [5, 5.41) is 6.02. The molecule has 0 bridgehead atoms. The molecule has 0 saturated heterocycles. The zero-order valence-electron chi connectivity index (χ0n) is 12.0. The Morgan fingerprint density at radius 3 is 2.68 bits per heavy atom. The SMILES string of the molecule is Cc1cc(NC(=O)COC(=O)CCc2ccc(F)cc2)no1. The van der Waals surface area contributed by atoms with Crippen LogP contribution >= 0.6 is 0 Å². The Bertz CT molecular complexity index is 652. The molecule has 0 saturated carbocycles. The van der Waals surface area contributed by atoms with Crippen molar-refractivity contribution in [1.29, 1.82) is 0 Å². The van der Waals surface area contributed by atoms with Crippen LogP contribution in [0.2, 0.25) is 0 Å². The molecule has 2 aromatic rings. The van der Waals surface area contributed by atoms with E-state index in [9.17, 15) is 14.0 Å². The van der Waals surface area contributed by atoms with Crippen molar-refractivity contribution in [3.8, 4) is 0 Å². The van der Waals surface area contributed by atoms with Crippen LogP contribution in [0.5, 0.6) is 0 Å². The molecule has 1 aromatic heterocycles. The van der Waals surface area contributed by atoms with Crippen molar-refractivity contribution >= 4 is 17.7 Å². The van der Waals surface area contributed by atoms with E-state index in [1.807, 2.05) is 0 Å². The number of aryl methyl sites for hydroxylation is 2. The summed E-state index contributed by atoms with van der Waals surface area (Å²) in [7, 11) is 0. The van der Waals surface area contributed by atoms with E-state index < -0.39 is 18.5 Å². The molecule has 1 N–H and O–H groups in total. The summed E-state index contributed by atoms with van der Waals surface area (Å²) in [5.41, 5.74) is 0.820. The lowest BCUT2D eigenvalue weighted by Gasteiger charge is -2.04. The molecule has 0 aliphatic carbocycles. The minimum atomic E-state index is -0.504. The van der Waals surface area contributed by atoms with Crippen molar-refractivity contribution in [3.63, 3.8) is 0 Å². The van der Waals surface area contributed by atoms with Crippen molar-refractivity contribution in [2.24, 2.45) is 0 Å². The van der Waals surface area contributed by atoms with Gasteiger partial charge in [0.05, 0.1) is 0 Å². The molecule has 6 nitrogen and oxygen atoms in total. The first kappa shape index (κ1) is 15.7. The fourth-order valence-corrected chi connectivity index (χ4v) is 1.72. The zero-order valence-corrected chi connectivity index (χ0v) is 12.0. The molecule has 0 aliphatic heterocycles. The van der Waals surface area contributed by atoms with Gasteiger partial charge in [0, 0.05) is 12.5 Å². The topological polar surface area (TPSA) is 81.4 Å². The number of carbonyl (C=O) groups is 2. The quantitative estimate of drug-likeness (QED) is 0.828. The second-order valence-electron chi connectivity index (χ2n) is 4.66. The Balaban J connectivity index is 1.68. The molecule has 0 unspecified atom stereocenters. The van der Waals surface area contributed by atoms with Gasteiger partial charge in [-0.05, 0) is 31.0 Å². The van der Waals surface area contributed by atoms with Crippen molar-refractivity contribution in [2.75, 3.05) is 11.9 Å². The summed E-state index contributed by atoms with van der Waals surface area (Å²) in [6.45, 7) is 1.30. The molecule has 2 rings (SSSR count). The van der Waals surface area contributed by atoms with Gasteiger partial charge in [-0.25, -0.2) is 4.39 Å². The molecule has 1 aromatic carbocycles. The third-order valence-corrected chi connectivity index (χ3v) is 2.79. The van der Waals surface area contributed by atoms with Crippen molar-refractivity contribution < 1.29 is 23.2 Å². The summed E-state index contributed by atoms with van der Waals surface area (Å²) in [6, 6.07) is 7.40. The maximum absolute atomic E-state index is 12.7. The highest BCUT2D eigenvalue weighted by molar-refractivity contribution is 5.91. The molecule has 0 atom stereocenters. The number of nitrogens with one attached hydrogen (secondary N) is 1. The van der Waals surface area contributed by atoms with Crippen LogP contribution in [-0.4, -0.2) is 23.6 Å². The molecule has 116 valence electrons. The van der Waals surface area contributed by atoms with E-state index in [4.69, 9.17) is 9.26 Å². The lowest BCUT2D eigenvalue weighted by atomic mass is 10.1. The monoisotopic (exact) mass is 306 g/mol. The number of hydrogen-bond donors (Lipinski definition) is 1. The van der Waals surface area contributed by atoms with Crippen molar-refractivity contribution in [3.05, 3.63) is 47.5 Å². The number of esters is 1. The van der Waals surface area contributed by atoms with Gasteiger partial charge in [-0.1, -0.05) is 17.3 Å². The molecule has 1 amide bonds. The molecule has 22 heavy (non-hydrogen) atoms. The van der Waals surface area contributed by atoms with Gasteiger partial charge in [-0.2, -0.15) is 0 Å². The Labute approximate surface area is 126 Å². The maximum atomic E-state index is 12.7. The second-order valence-corrected chi connectivity index (χ2v) is 4.66. The van der Waals surface area contributed by atoms with E-state index in [2.05, 4.69) is 10.5 Å². The maximum Gasteiger partial charge on any atom is 0.306 e. The highest BCUT2D eigenvalue weighted by Crippen LogP contribution is 2.07. The second kappa shape index (κ2) is 7.35. The van der Waals surface area contributed by atoms with Crippen LogP contribution in [0.15, 0.2) is 34.9 Å². The summed E-state index contributed by atoms with van der Waals surface area (Å²) >= 11 is 0. The van der Waals surface area contributed by atoms with E-state index in [0.29, 0.717) is 12.2 Å². The minimum Gasteiger partial charge on any atom is -0.456 e. The highest BCUT2D eigenvalue weighted by atomic mass is 19.1. The third kappa shape index (κ3) is 5.01. The molecule has 0 radical (unpaired) electrons. The van der Waals surface area contributed by atoms with Gasteiger partial charge >= 0.3 is 5.97 Å². The number of benzene rings is 1. The Morgan fingerprint density at radius 2 is 2.05 bits per heavy atom. The van der Waals surface area contributed by atoms with E-state index in [-0.39, 0.29) is 18.1 Å². The van der Waals surface area contributed by atoms with Gasteiger partial charge in [0.1, 0.15) is 11.6 Å². The Kier molecular flexibility index (Phi) is 5.24. The number of hydrogen-bond acceptors (Lipinski definition) is 5. The van der Waals surface area contributed by atoms with Gasteiger partial charge < -0.3 is 14.6 Å². The van der Waals surface area contributed by atoms with Crippen LogP contribution in [0.1, 0.15) is 17.7 Å². The summed E-state index contributed by atoms with van der Waals surface area (Å²) in [4.78, 5) is 23.1. The zero-order chi connectivity index (χ0) is 15.9. The average Bonchev–Trinajstić information content (AvgIpc) is 2.89. The van der Waals surface area contributed by atoms with Gasteiger partial charge in [0.25, 0.3) is 5.91 Å². The van der Waals surface area contributed by atoms with Gasteiger partial charge in [-0.15, -0.1) is 0 Å². The van der Waals surface area contributed by atoms with Crippen LogP contribution in [0.3, 0.4) is 0 Å². The average molecular weight is 306 g/mol. The normalized spacial score (nSPS) is 10.3. The van der Waals surface area contributed by atoms with Crippen LogP contribution in [-0.2, 0) is 20.7 Å². The fraction of sp³-hybridized carbons (Fsp3) is 0.267. The molecular formula is C15H15FN2O4. The van der Waals surface area contributed by atoms with E-state index >= 15 is 0 Å². The number of amides is 1. The standard InChI is InChI=1S/C15H15FN2O4/c1-10-8-13(18-22-10)17-14(19)9-21-15(20)7-4-11-2-5-12(16)6-3-11/h2-3,5-6,8H,4,7,9H2,1H3,(H,17,18,19). The number of anilines is 1. The predicted octanol–water partition coefficient (Wildman–Crippen LogP) is 2.24. The molecule has 0 spiro atoms. The van der Waals surface area contributed by atoms with Crippen LogP contribution < -0.4 is 5.32 Å². The van der Waals surface area contributed by atoms with Crippen LogP contribution in [0, 0.1) is 12.7 Å². The molecular weight excluding hydrogens is 291 g/mol. The number of ether oxygens (including phenoxy) is 1. The lowest BCUT2D eigenvalue weighted by Crippen LogP contribution is -2.21. The van der Waals surface area contributed by atoms with Gasteiger partial charge in [0.15, 0.2) is 12.4 Å². The number of halogens is 1. The smallest absolute Gasteiger partial charge is 0.306 e. The Morgan fingerprint density at radius 1 is 1.32 bits per heavy atom. The number of nitrogens with zero attached hydrogens (tertiary/aromatic N) is 1. The highest BCUT2D eigenvalue weighted by Gasteiger charge is 2.10. The fourth-order valence-electron chi connectivity index (χ4n) is 1.72. The Hall–Kier alpha value is -2.70. The van der Waals surface area contributed by atoms with Gasteiger partial charge in [0.2, 0.25) is 0 Å². The minimum absolute atomic E-state index is 0.113. The van der Waals surface area contributed by atoms with Crippen molar-refractivity contribution in [1.82, 2.24) is 5.16 Å². The number of aromatic nitrogens is 1. The summed E-state index contributed by atoms with van der Waals surface area (Å²) in [6.07, 6.45) is 0.533. The van der Waals surface area contributed by atoms with Gasteiger partial charge in [-0.3, -0.25) is 9.59 Å². The van der Waals surface area contributed by atoms with Crippen molar-refractivity contribution in [2.45, 2.75) is 19.8 Å².